The number of rotatable bonds is 13. The summed E-state index contributed by atoms with van der Waals surface area (Å²) >= 11 is 4.18. The molecule has 0 radical (unpaired) electrons. The number of aliphatic imine (C=N–C) groups is 1. The van der Waals surface area contributed by atoms with Crippen LogP contribution in [0, 0.1) is 0 Å². The molecule has 2 N–H and O–H groups in total. The van der Waals surface area contributed by atoms with Gasteiger partial charge < -0.3 is 19.5 Å². The Kier molecular flexibility index (Phi) is 9.92. The van der Waals surface area contributed by atoms with Crippen molar-refractivity contribution in [1.82, 2.24) is 34.9 Å². The number of aromatic amines is 2. The largest absolute Gasteiger partial charge is 0.494 e. The number of methoxy groups -OCH3 is 1. The first-order valence-electron chi connectivity index (χ1n) is 13.5. The van der Waals surface area contributed by atoms with Crippen LogP contribution in [0.2, 0.25) is 0 Å². The Morgan fingerprint density at radius 2 is 1.86 bits per heavy atom. The summed E-state index contributed by atoms with van der Waals surface area (Å²) in [5, 5.41) is 9.01. The van der Waals surface area contributed by atoms with Crippen molar-refractivity contribution in [3.63, 3.8) is 0 Å². The van der Waals surface area contributed by atoms with Crippen LogP contribution in [0.25, 0.3) is 33.8 Å². The number of ketones is 1. The zero-order chi connectivity index (χ0) is 30.2. The molecule has 0 fully saturated rings. The maximum Gasteiger partial charge on any atom is 0.295 e. The number of carbonyl (C=O) groups is 2. The fourth-order valence-corrected chi connectivity index (χ4v) is 4.78. The highest BCUT2D eigenvalue weighted by molar-refractivity contribution is 7.83. The molecule has 3 aromatic heterocycles. The minimum absolute atomic E-state index is 0.182. The van der Waals surface area contributed by atoms with Gasteiger partial charge in [-0.1, -0.05) is 36.9 Å². The van der Waals surface area contributed by atoms with Gasteiger partial charge in [-0.2, -0.15) is 5.10 Å². The number of benzene rings is 1. The minimum atomic E-state index is -0.653. The molecule has 0 atom stereocenters. The van der Waals surface area contributed by atoms with Gasteiger partial charge >= 0.3 is 0 Å². The van der Waals surface area contributed by atoms with E-state index in [0.717, 1.165) is 11.3 Å². The summed E-state index contributed by atoms with van der Waals surface area (Å²) in [4.78, 5) is 47.0. The number of hydrogen-bond acceptors (Lipinski definition) is 9. The second-order valence-electron chi connectivity index (χ2n) is 9.14. The Morgan fingerprint density at radius 1 is 1.14 bits per heavy atom. The molecule has 1 aromatic carbocycles. The minimum Gasteiger partial charge on any atom is -0.494 e. The number of pyridine rings is 1. The van der Waals surface area contributed by atoms with Gasteiger partial charge in [0.05, 0.1) is 29.8 Å². The van der Waals surface area contributed by atoms with E-state index in [-0.39, 0.29) is 5.56 Å². The van der Waals surface area contributed by atoms with Crippen LogP contribution in [0.4, 0.5) is 0 Å². The van der Waals surface area contributed by atoms with Crippen LogP contribution < -0.4 is 4.74 Å². The van der Waals surface area contributed by atoms with E-state index >= 15 is 0 Å². The van der Waals surface area contributed by atoms with Gasteiger partial charge in [-0.25, -0.2) is 9.97 Å². The summed E-state index contributed by atoms with van der Waals surface area (Å²) in [5.41, 5.74) is 3.40. The van der Waals surface area contributed by atoms with E-state index in [2.05, 4.69) is 54.2 Å². The number of thiol groups is 1. The molecule has 0 aliphatic carbocycles. The predicted octanol–water partition coefficient (Wildman–Crippen LogP) is 4.70. The molecular weight excluding hydrogens is 552 g/mol. The fraction of sp³-hybridized carbons (Fsp3) is 0.267. The third kappa shape index (κ3) is 6.13. The van der Waals surface area contributed by atoms with Crippen LogP contribution in [0.1, 0.15) is 42.5 Å². The molecule has 42 heavy (non-hydrogen) atoms. The number of likely N-dealkylation sites (N-methyl/N-ethyl adjacent to an activating group) is 2. The topological polar surface area (TPSA) is 132 Å². The molecule has 3 heterocycles. The number of ether oxygens (including phenoxy) is 1. The molecule has 4 rings (SSSR count). The fourth-order valence-electron chi connectivity index (χ4n) is 4.60. The van der Waals surface area contributed by atoms with E-state index < -0.39 is 11.7 Å². The standard InChI is InChI=1S/C30H34N8O3S/c1-6-31-22(18-42)28-34-29(36-35-28)26-25-24(23(41-5)17-33-26)21(16-32-25)27(39)30(40)38(8-3)15-14-37(7-2)19(4)20-12-10-9-11-13-20/h6,9-13,16-18,32,42H,4,7-8,14-15H2,1-3,5H3,(H,34,35,36)/b22-18-,31-6?. The van der Waals surface area contributed by atoms with E-state index in [1.54, 1.807) is 18.0 Å². The van der Waals surface area contributed by atoms with Crippen LogP contribution in [0.5, 0.6) is 5.75 Å². The Bertz CT molecular complexity index is 1640. The van der Waals surface area contributed by atoms with Gasteiger partial charge in [0.15, 0.2) is 5.82 Å². The van der Waals surface area contributed by atoms with E-state index in [9.17, 15) is 9.59 Å². The molecule has 11 nitrogen and oxygen atoms in total. The molecule has 0 aliphatic heterocycles. The first-order chi connectivity index (χ1) is 20.4. The van der Waals surface area contributed by atoms with Crippen LogP contribution in [-0.4, -0.2) is 86.1 Å². The van der Waals surface area contributed by atoms with Crippen molar-refractivity contribution in [2.75, 3.05) is 33.3 Å². The molecule has 0 bridgehead atoms. The van der Waals surface area contributed by atoms with Gasteiger partial charge in [-0.3, -0.25) is 19.7 Å². The summed E-state index contributed by atoms with van der Waals surface area (Å²) < 4.78 is 5.53. The lowest BCUT2D eigenvalue weighted by Crippen LogP contribution is -2.41. The zero-order valence-corrected chi connectivity index (χ0v) is 25.0. The lowest BCUT2D eigenvalue weighted by atomic mass is 10.1. The van der Waals surface area contributed by atoms with Crippen molar-refractivity contribution >= 4 is 52.8 Å². The van der Waals surface area contributed by atoms with E-state index in [1.807, 2.05) is 44.2 Å². The van der Waals surface area contributed by atoms with Crippen molar-refractivity contribution in [1.29, 1.82) is 0 Å². The maximum atomic E-state index is 13.6. The molecule has 4 aromatic rings. The van der Waals surface area contributed by atoms with Crippen LogP contribution in [-0.2, 0) is 4.79 Å². The Hall–Kier alpha value is -4.71. The Labute approximate surface area is 249 Å². The van der Waals surface area contributed by atoms with Crippen molar-refractivity contribution in [2.24, 2.45) is 4.99 Å². The van der Waals surface area contributed by atoms with E-state index in [0.29, 0.717) is 65.9 Å². The van der Waals surface area contributed by atoms with Gasteiger partial charge in [-0.05, 0) is 31.7 Å². The highest BCUT2D eigenvalue weighted by Gasteiger charge is 2.28. The molecular formula is C30H34N8O3S. The summed E-state index contributed by atoms with van der Waals surface area (Å²) in [5.74, 6) is -0.243. The number of hydrogen-bond donors (Lipinski definition) is 3. The van der Waals surface area contributed by atoms with Gasteiger partial charge in [0.1, 0.15) is 17.1 Å². The lowest BCUT2D eigenvalue weighted by molar-refractivity contribution is -0.126. The second-order valence-corrected chi connectivity index (χ2v) is 9.40. The number of aromatic nitrogens is 5. The number of H-pyrrole nitrogens is 2. The SMILES string of the molecule is C=C(c1ccccc1)N(CC)CCN(CC)C(=O)C(=O)c1c[nH]c2c(-c3nc(/C(=C/S)N=CC)n[nH]3)ncc(OC)c12. The smallest absolute Gasteiger partial charge is 0.295 e. The predicted molar refractivity (Wildman–Crippen MR) is 168 cm³/mol. The maximum absolute atomic E-state index is 13.6. The molecule has 12 heteroatoms. The average molecular weight is 587 g/mol. The van der Waals surface area contributed by atoms with Crippen molar-refractivity contribution < 1.29 is 14.3 Å². The third-order valence-electron chi connectivity index (χ3n) is 6.84. The number of nitrogens with one attached hydrogen (secondary N) is 2. The first-order valence-corrected chi connectivity index (χ1v) is 14.0. The molecule has 218 valence electrons. The first kappa shape index (κ1) is 30.3. The van der Waals surface area contributed by atoms with Crippen molar-refractivity contribution in [2.45, 2.75) is 20.8 Å². The van der Waals surface area contributed by atoms with Gasteiger partial charge in [0.25, 0.3) is 11.7 Å². The van der Waals surface area contributed by atoms with Crippen molar-refractivity contribution in [3.05, 3.63) is 71.7 Å². The van der Waals surface area contributed by atoms with Gasteiger partial charge in [-0.15, -0.1) is 12.6 Å². The van der Waals surface area contributed by atoms with E-state index in [4.69, 9.17) is 4.74 Å². The van der Waals surface area contributed by atoms with Crippen LogP contribution >= 0.6 is 12.6 Å². The number of carbonyl (C=O) groups excluding carboxylic acids is 2. The number of fused-ring (bicyclic) bond motifs is 1. The normalized spacial score (nSPS) is 11.7. The van der Waals surface area contributed by atoms with Gasteiger partial charge in [0.2, 0.25) is 5.82 Å². The highest BCUT2D eigenvalue weighted by Crippen LogP contribution is 2.34. The van der Waals surface area contributed by atoms with Gasteiger partial charge in [0, 0.05) is 44.3 Å². The average Bonchev–Trinajstić information content (AvgIpc) is 3.70. The molecule has 0 saturated carbocycles. The summed E-state index contributed by atoms with van der Waals surface area (Å²) in [6, 6.07) is 9.88. The second kappa shape index (κ2) is 13.8. The third-order valence-corrected chi connectivity index (χ3v) is 7.09. The summed E-state index contributed by atoms with van der Waals surface area (Å²) in [6.07, 6.45) is 4.60. The number of Topliss-reactive ketones (excluding diaryl/α,β-unsaturated/α-hetero) is 1. The Balaban J connectivity index is 1.60. The number of amides is 1. The lowest BCUT2D eigenvalue weighted by Gasteiger charge is -2.29. The molecule has 1 amide bonds. The van der Waals surface area contributed by atoms with Crippen LogP contribution in [0.15, 0.2) is 59.7 Å². The summed E-state index contributed by atoms with van der Waals surface area (Å²) in [6.45, 7) is 11.9. The van der Waals surface area contributed by atoms with Crippen LogP contribution in [0.3, 0.4) is 0 Å². The molecule has 0 aliphatic rings. The molecule has 0 spiro atoms. The monoisotopic (exact) mass is 586 g/mol. The number of nitrogens with zero attached hydrogens (tertiary/aromatic N) is 6. The van der Waals surface area contributed by atoms with Crippen molar-refractivity contribution in [3.8, 4) is 17.3 Å². The van der Waals surface area contributed by atoms with E-state index in [1.165, 1.54) is 24.9 Å². The molecule has 0 saturated heterocycles. The highest BCUT2D eigenvalue weighted by atomic mass is 32.1. The quantitative estimate of drug-likeness (QED) is 0.0895. The summed E-state index contributed by atoms with van der Waals surface area (Å²) in [7, 11) is 1.48. The Morgan fingerprint density at radius 3 is 2.50 bits per heavy atom. The zero-order valence-electron chi connectivity index (χ0n) is 24.1. The molecule has 0 unspecified atom stereocenters.